The van der Waals surface area contributed by atoms with E-state index in [1.165, 1.54) is 70.4 Å². The van der Waals surface area contributed by atoms with E-state index in [1.54, 1.807) is 17.6 Å². The molecule has 12 heteroatoms. The first kappa shape index (κ1) is 28.1. The van der Waals surface area contributed by atoms with Crippen LogP contribution in [-0.4, -0.2) is 58.0 Å². The maximum Gasteiger partial charge on any atom is 0.352 e. The van der Waals surface area contributed by atoms with E-state index >= 15 is 0 Å². The predicted octanol–water partition coefficient (Wildman–Crippen LogP) is 4.90. The lowest BCUT2D eigenvalue weighted by atomic mass is 10.0. The van der Waals surface area contributed by atoms with Crippen LogP contribution in [0, 0.1) is 0 Å². The quantitative estimate of drug-likeness (QED) is 0.269. The fourth-order valence-electron chi connectivity index (χ4n) is 5.28. The lowest BCUT2D eigenvalue weighted by molar-refractivity contribution is -0.150. The number of nitrogens with zero attached hydrogens (tertiary/aromatic N) is 2. The van der Waals surface area contributed by atoms with E-state index in [0.29, 0.717) is 16.7 Å². The largest absolute Gasteiger partial charge is 0.477 e. The lowest BCUT2D eigenvalue weighted by Crippen LogP contribution is -2.70. The van der Waals surface area contributed by atoms with Gasteiger partial charge in [0.2, 0.25) is 5.91 Å². The molecule has 1 unspecified atom stereocenters. The van der Waals surface area contributed by atoms with Crippen molar-refractivity contribution < 1.29 is 19.5 Å². The molecule has 2 amide bonds. The molecule has 2 saturated heterocycles. The lowest BCUT2D eigenvalue weighted by Gasteiger charge is -2.49. The summed E-state index contributed by atoms with van der Waals surface area (Å²) in [6.07, 6.45) is 5.50. The molecule has 1 aromatic carbocycles. The second-order valence-corrected chi connectivity index (χ2v) is 14.4. The minimum absolute atomic E-state index is 0.0420. The fraction of sp³-hybridized carbons (Fsp3) is 0.310. The Balaban J connectivity index is 1.16. The maximum atomic E-state index is 12.9. The molecule has 8 nitrogen and oxygen atoms in total. The first-order chi connectivity index (χ1) is 19.9. The third-order valence-electron chi connectivity index (χ3n) is 7.30. The van der Waals surface area contributed by atoms with Crippen molar-refractivity contribution in [3.63, 3.8) is 0 Å². The van der Waals surface area contributed by atoms with E-state index in [9.17, 15) is 24.3 Å². The zero-order valence-corrected chi connectivity index (χ0v) is 25.2. The Morgan fingerprint density at radius 3 is 2.71 bits per heavy atom. The molecule has 3 aliphatic rings. The number of rotatable bonds is 8. The van der Waals surface area contributed by atoms with Crippen LogP contribution in [0.2, 0.25) is 0 Å². The zero-order valence-electron chi connectivity index (χ0n) is 21.9. The highest BCUT2D eigenvalue weighted by Gasteiger charge is 2.53. The molecular formula is C29H27N3O5S4. The van der Waals surface area contributed by atoms with Crippen molar-refractivity contribution in [2.75, 3.05) is 23.7 Å². The molecule has 212 valence electrons. The number of aliphatic carboxylic acids is 1. The van der Waals surface area contributed by atoms with Crippen molar-refractivity contribution >= 4 is 79.8 Å². The molecule has 2 N–H and O–H groups in total. The smallest absolute Gasteiger partial charge is 0.352 e. The third kappa shape index (κ3) is 5.83. The second kappa shape index (κ2) is 12.0. The number of hydrogen-bond acceptors (Lipinski definition) is 9. The summed E-state index contributed by atoms with van der Waals surface area (Å²) in [5.41, 5.74) is 1.55. The number of carbonyl (C=O) groups is 3. The second-order valence-electron chi connectivity index (χ2n) is 9.97. The van der Waals surface area contributed by atoms with E-state index in [-0.39, 0.29) is 23.5 Å². The van der Waals surface area contributed by atoms with Gasteiger partial charge in [0.25, 0.3) is 5.91 Å². The number of hydrogen-bond donors (Lipinski definition) is 2. The summed E-state index contributed by atoms with van der Waals surface area (Å²) in [7, 11) is 0. The van der Waals surface area contributed by atoms with Crippen molar-refractivity contribution in [1.29, 1.82) is 0 Å². The molecule has 0 radical (unpaired) electrons. The fourth-order valence-corrected chi connectivity index (χ4v) is 9.31. The minimum atomic E-state index is -1.18. The number of benzene rings is 1. The highest BCUT2D eigenvalue weighted by Crippen LogP contribution is 2.41. The van der Waals surface area contributed by atoms with Crippen LogP contribution in [0.25, 0.3) is 10.1 Å². The van der Waals surface area contributed by atoms with Gasteiger partial charge >= 0.3 is 5.97 Å². The molecule has 3 aromatic rings. The van der Waals surface area contributed by atoms with Crippen LogP contribution in [0.5, 0.6) is 0 Å². The van der Waals surface area contributed by atoms with Gasteiger partial charge in [-0.1, -0.05) is 17.8 Å². The van der Waals surface area contributed by atoms with E-state index in [2.05, 4.69) is 16.3 Å². The van der Waals surface area contributed by atoms with Crippen LogP contribution in [0.1, 0.15) is 24.1 Å². The minimum Gasteiger partial charge on any atom is -0.477 e. The Morgan fingerprint density at radius 2 is 1.95 bits per heavy atom. The Bertz CT molecular complexity index is 1620. The van der Waals surface area contributed by atoms with Crippen molar-refractivity contribution in [1.82, 2.24) is 10.2 Å². The molecular weight excluding hydrogens is 599 g/mol. The SMILES string of the molecule is O=C(Cc1cccs1)NC1C(=O)N2C(C(=O)O)=C(/C=C/Sc3cc(=O)c4ccc(N5CCCCC5)cc4s3)CS[C@H]12. The summed E-state index contributed by atoms with van der Waals surface area (Å²) >= 11 is 5.79. The Kier molecular flexibility index (Phi) is 8.25. The molecule has 2 fully saturated rings. The van der Waals surface area contributed by atoms with Crippen molar-refractivity contribution in [2.24, 2.45) is 0 Å². The van der Waals surface area contributed by atoms with Crippen LogP contribution >= 0.6 is 46.2 Å². The number of allylic oxidation sites excluding steroid dienone is 1. The summed E-state index contributed by atoms with van der Waals surface area (Å²) in [4.78, 5) is 54.9. The number of carboxylic acid groups (broad SMARTS) is 1. The molecule has 3 aliphatic heterocycles. The van der Waals surface area contributed by atoms with Crippen LogP contribution < -0.4 is 15.6 Å². The molecule has 5 heterocycles. The van der Waals surface area contributed by atoms with E-state index in [0.717, 1.165) is 32.6 Å². The highest BCUT2D eigenvalue weighted by molar-refractivity contribution is 8.04. The van der Waals surface area contributed by atoms with Gasteiger partial charge in [-0.3, -0.25) is 19.3 Å². The number of carbonyl (C=O) groups excluding carboxylic acids is 2. The van der Waals surface area contributed by atoms with Gasteiger partial charge in [-0.2, -0.15) is 0 Å². The van der Waals surface area contributed by atoms with Gasteiger partial charge < -0.3 is 15.3 Å². The topological polar surface area (TPSA) is 107 Å². The van der Waals surface area contributed by atoms with Crippen LogP contribution in [0.15, 0.2) is 73.5 Å². The Morgan fingerprint density at radius 1 is 1.12 bits per heavy atom. The maximum absolute atomic E-state index is 12.9. The molecule has 2 aromatic heterocycles. The molecule has 41 heavy (non-hydrogen) atoms. The van der Waals surface area contributed by atoms with Crippen molar-refractivity contribution in [3.8, 4) is 0 Å². The average molecular weight is 626 g/mol. The molecule has 0 spiro atoms. The average Bonchev–Trinajstić information content (AvgIpc) is 3.48. The molecule has 0 aliphatic carbocycles. The van der Waals surface area contributed by atoms with Crippen LogP contribution in [0.4, 0.5) is 5.69 Å². The molecule has 0 saturated carbocycles. The number of thioether (sulfide) groups is 2. The summed E-state index contributed by atoms with van der Waals surface area (Å²) in [5.74, 6) is -1.48. The number of β-lactam (4-membered cyclic amide) rings is 1. The summed E-state index contributed by atoms with van der Waals surface area (Å²) in [5, 5.41) is 16.6. The number of carboxylic acids is 1. The zero-order chi connectivity index (χ0) is 28.5. The van der Waals surface area contributed by atoms with Gasteiger partial charge in [-0.25, -0.2) is 4.79 Å². The van der Waals surface area contributed by atoms with Gasteiger partial charge in [-0.05, 0) is 66.0 Å². The van der Waals surface area contributed by atoms with Gasteiger partial charge in [-0.15, -0.1) is 34.4 Å². The van der Waals surface area contributed by atoms with Gasteiger partial charge in [0.1, 0.15) is 17.1 Å². The number of amides is 2. The van der Waals surface area contributed by atoms with Crippen LogP contribution in [0.3, 0.4) is 0 Å². The standard InChI is InChI=1S/C29H27N3O5S4/c33-21-15-24(41-22-13-18(6-7-20(21)22)31-9-2-1-3-10-31)39-12-8-17-16-40-28-25(27(35)32(28)26(17)29(36)37)30-23(34)14-19-5-4-11-38-19/h4-8,11-13,15,25,28H,1-3,9-10,14,16H2,(H,30,34)(H,36,37)/b12-8+/t25?,28-/m1/s1. The third-order valence-corrected chi connectivity index (χ3v) is 11.5. The summed E-state index contributed by atoms with van der Waals surface area (Å²) < 4.78 is 1.73. The highest BCUT2D eigenvalue weighted by atomic mass is 32.2. The normalized spacial score (nSPS) is 20.8. The van der Waals surface area contributed by atoms with Crippen molar-refractivity contribution in [2.45, 2.75) is 41.3 Å². The monoisotopic (exact) mass is 625 g/mol. The predicted molar refractivity (Wildman–Crippen MR) is 167 cm³/mol. The molecule has 0 bridgehead atoms. The van der Waals surface area contributed by atoms with E-state index in [1.807, 2.05) is 29.6 Å². The number of thiophene rings is 1. The Labute approximate surface area is 253 Å². The van der Waals surface area contributed by atoms with E-state index in [4.69, 9.17) is 0 Å². The summed E-state index contributed by atoms with van der Waals surface area (Å²) in [6.45, 7) is 2.05. The number of piperidine rings is 1. The number of fused-ring (bicyclic) bond motifs is 2. The van der Waals surface area contributed by atoms with Gasteiger partial charge in [0, 0.05) is 45.6 Å². The van der Waals surface area contributed by atoms with Gasteiger partial charge in [0.15, 0.2) is 5.43 Å². The first-order valence-electron chi connectivity index (χ1n) is 13.3. The van der Waals surface area contributed by atoms with Gasteiger partial charge in [0.05, 0.1) is 10.6 Å². The van der Waals surface area contributed by atoms with Crippen molar-refractivity contribution in [3.05, 3.63) is 79.6 Å². The first-order valence-corrected chi connectivity index (χ1v) is 16.9. The number of nitrogens with one attached hydrogen (secondary N) is 1. The number of anilines is 1. The molecule has 6 rings (SSSR count). The Hall–Kier alpha value is -3.06. The van der Waals surface area contributed by atoms with E-state index < -0.39 is 23.3 Å². The summed E-state index contributed by atoms with van der Waals surface area (Å²) in [6, 6.07) is 10.6. The van der Waals surface area contributed by atoms with Crippen LogP contribution in [-0.2, 0) is 20.8 Å². The molecule has 2 atom stereocenters.